The summed E-state index contributed by atoms with van der Waals surface area (Å²) >= 11 is 0. The van der Waals surface area contributed by atoms with E-state index >= 15 is 0 Å². The van der Waals surface area contributed by atoms with E-state index in [-0.39, 0.29) is 5.91 Å². The minimum atomic E-state index is -0.934. The number of nitrogens with zero attached hydrogens (tertiary/aromatic N) is 2. The maximum atomic E-state index is 12.0. The molecular formula is C10H13N3O3. The highest BCUT2D eigenvalue weighted by atomic mass is 16.4. The average Bonchev–Trinajstić information content (AvgIpc) is 2.81. The van der Waals surface area contributed by atoms with E-state index in [2.05, 4.69) is 10.2 Å². The van der Waals surface area contributed by atoms with Crippen LogP contribution in [0.15, 0.2) is 12.4 Å². The van der Waals surface area contributed by atoms with E-state index in [1.807, 2.05) is 0 Å². The van der Waals surface area contributed by atoms with Crippen LogP contribution in [0.1, 0.15) is 29.6 Å². The van der Waals surface area contributed by atoms with Crippen molar-refractivity contribution in [2.75, 3.05) is 6.54 Å². The van der Waals surface area contributed by atoms with Crippen molar-refractivity contribution >= 4 is 11.9 Å². The van der Waals surface area contributed by atoms with Gasteiger partial charge in [-0.3, -0.25) is 9.89 Å². The first-order valence-electron chi connectivity index (χ1n) is 5.22. The molecule has 0 spiro atoms. The number of piperidine rings is 1. The predicted molar refractivity (Wildman–Crippen MR) is 54.9 cm³/mol. The lowest BCUT2D eigenvalue weighted by atomic mass is 10.0. The molecule has 1 fully saturated rings. The van der Waals surface area contributed by atoms with Gasteiger partial charge in [0.1, 0.15) is 6.04 Å². The highest BCUT2D eigenvalue weighted by Gasteiger charge is 2.32. The second-order valence-corrected chi connectivity index (χ2v) is 3.84. The molecule has 1 unspecified atom stereocenters. The van der Waals surface area contributed by atoms with Crippen LogP contribution in [0.4, 0.5) is 0 Å². The third-order valence-electron chi connectivity index (χ3n) is 2.79. The molecule has 0 saturated carbocycles. The standard InChI is InChI=1S/C10H13N3O3/c14-9(7-5-11-12-6-7)13-4-2-1-3-8(13)10(15)16/h5-6,8H,1-4H2,(H,11,12)(H,15,16). The molecule has 1 aromatic heterocycles. The van der Waals surface area contributed by atoms with Crippen LogP contribution in [0.25, 0.3) is 0 Å². The Hall–Kier alpha value is -1.85. The zero-order chi connectivity index (χ0) is 11.5. The van der Waals surface area contributed by atoms with Gasteiger partial charge in [-0.15, -0.1) is 0 Å². The van der Waals surface area contributed by atoms with Crippen molar-refractivity contribution in [2.45, 2.75) is 25.3 Å². The summed E-state index contributed by atoms with van der Waals surface area (Å²) < 4.78 is 0. The largest absolute Gasteiger partial charge is 0.480 e. The van der Waals surface area contributed by atoms with Crippen LogP contribution in [0.2, 0.25) is 0 Å². The van der Waals surface area contributed by atoms with E-state index < -0.39 is 12.0 Å². The Morgan fingerprint density at radius 2 is 2.31 bits per heavy atom. The van der Waals surface area contributed by atoms with Gasteiger partial charge in [-0.25, -0.2) is 4.79 Å². The van der Waals surface area contributed by atoms with E-state index in [0.29, 0.717) is 18.5 Å². The van der Waals surface area contributed by atoms with Gasteiger partial charge >= 0.3 is 5.97 Å². The van der Waals surface area contributed by atoms with Crippen molar-refractivity contribution in [1.82, 2.24) is 15.1 Å². The molecule has 16 heavy (non-hydrogen) atoms. The summed E-state index contributed by atoms with van der Waals surface area (Å²) in [5.41, 5.74) is 0.410. The first-order chi connectivity index (χ1) is 7.70. The quantitative estimate of drug-likeness (QED) is 0.763. The number of aromatic amines is 1. The van der Waals surface area contributed by atoms with Gasteiger partial charge < -0.3 is 10.0 Å². The number of aliphatic carboxylic acids is 1. The number of carboxylic acid groups (broad SMARTS) is 1. The fourth-order valence-corrected chi connectivity index (χ4v) is 1.97. The van der Waals surface area contributed by atoms with Crippen LogP contribution < -0.4 is 0 Å². The molecule has 1 atom stereocenters. The first kappa shape index (κ1) is 10.7. The van der Waals surface area contributed by atoms with Gasteiger partial charge in [0.2, 0.25) is 0 Å². The normalized spacial score (nSPS) is 20.8. The molecule has 0 radical (unpaired) electrons. The van der Waals surface area contributed by atoms with Crippen LogP contribution in [0.3, 0.4) is 0 Å². The Morgan fingerprint density at radius 1 is 1.50 bits per heavy atom. The van der Waals surface area contributed by atoms with Gasteiger partial charge in [-0.1, -0.05) is 0 Å². The molecule has 1 aliphatic rings. The highest BCUT2D eigenvalue weighted by molar-refractivity contribution is 5.96. The minimum absolute atomic E-state index is 0.263. The SMILES string of the molecule is O=C(O)C1CCCCN1C(=O)c1cn[nH]c1. The second-order valence-electron chi connectivity index (χ2n) is 3.84. The van der Waals surface area contributed by atoms with Crippen molar-refractivity contribution in [3.8, 4) is 0 Å². The highest BCUT2D eigenvalue weighted by Crippen LogP contribution is 2.19. The molecule has 6 nitrogen and oxygen atoms in total. The summed E-state index contributed by atoms with van der Waals surface area (Å²) in [5.74, 6) is -1.20. The lowest BCUT2D eigenvalue weighted by Crippen LogP contribution is -2.47. The molecule has 1 amide bonds. The number of nitrogens with one attached hydrogen (secondary N) is 1. The summed E-state index contributed by atoms with van der Waals surface area (Å²) in [4.78, 5) is 24.4. The molecule has 1 aromatic rings. The Labute approximate surface area is 92.3 Å². The Kier molecular flexibility index (Phi) is 2.89. The van der Waals surface area contributed by atoms with E-state index in [9.17, 15) is 9.59 Å². The Bertz CT molecular complexity index is 388. The van der Waals surface area contributed by atoms with Crippen molar-refractivity contribution < 1.29 is 14.7 Å². The molecule has 0 aliphatic carbocycles. The maximum absolute atomic E-state index is 12.0. The van der Waals surface area contributed by atoms with Crippen LogP contribution in [-0.4, -0.2) is 44.7 Å². The molecule has 2 N–H and O–H groups in total. The first-order valence-corrected chi connectivity index (χ1v) is 5.22. The minimum Gasteiger partial charge on any atom is -0.480 e. The number of hydrogen-bond donors (Lipinski definition) is 2. The van der Waals surface area contributed by atoms with E-state index in [1.165, 1.54) is 17.3 Å². The summed E-state index contributed by atoms with van der Waals surface area (Å²) in [6, 6.07) is -0.698. The van der Waals surface area contributed by atoms with Crippen LogP contribution in [0, 0.1) is 0 Å². The Balaban J connectivity index is 2.17. The number of likely N-dealkylation sites (tertiary alicyclic amines) is 1. The number of carboxylic acids is 1. The third kappa shape index (κ3) is 1.91. The number of hydrogen-bond acceptors (Lipinski definition) is 3. The van der Waals surface area contributed by atoms with Gasteiger partial charge in [0.25, 0.3) is 5.91 Å². The predicted octanol–water partition coefficient (Wildman–Crippen LogP) is 0.489. The van der Waals surface area contributed by atoms with Crippen LogP contribution in [-0.2, 0) is 4.79 Å². The smallest absolute Gasteiger partial charge is 0.326 e. The average molecular weight is 223 g/mol. The maximum Gasteiger partial charge on any atom is 0.326 e. The summed E-state index contributed by atoms with van der Waals surface area (Å²) in [7, 11) is 0. The van der Waals surface area contributed by atoms with Crippen LogP contribution in [0.5, 0.6) is 0 Å². The fraction of sp³-hybridized carbons (Fsp3) is 0.500. The molecule has 0 bridgehead atoms. The lowest BCUT2D eigenvalue weighted by Gasteiger charge is -2.32. The third-order valence-corrected chi connectivity index (χ3v) is 2.79. The van der Waals surface area contributed by atoms with Gasteiger partial charge in [0, 0.05) is 12.7 Å². The van der Waals surface area contributed by atoms with Gasteiger partial charge in [-0.2, -0.15) is 5.10 Å². The van der Waals surface area contributed by atoms with Crippen LogP contribution >= 0.6 is 0 Å². The van der Waals surface area contributed by atoms with Gasteiger partial charge in [-0.05, 0) is 19.3 Å². The number of H-pyrrole nitrogens is 1. The number of aromatic nitrogens is 2. The monoisotopic (exact) mass is 223 g/mol. The van der Waals surface area contributed by atoms with Crippen molar-refractivity contribution in [3.05, 3.63) is 18.0 Å². The number of amides is 1. The zero-order valence-corrected chi connectivity index (χ0v) is 8.72. The molecule has 1 aliphatic heterocycles. The second kappa shape index (κ2) is 4.34. The molecule has 86 valence electrons. The van der Waals surface area contributed by atoms with Gasteiger partial charge in [0.05, 0.1) is 11.8 Å². The summed E-state index contributed by atoms with van der Waals surface area (Å²) in [6.45, 7) is 0.501. The zero-order valence-electron chi connectivity index (χ0n) is 8.72. The molecule has 0 aromatic carbocycles. The van der Waals surface area contributed by atoms with Crippen molar-refractivity contribution in [2.24, 2.45) is 0 Å². The fourth-order valence-electron chi connectivity index (χ4n) is 1.97. The Morgan fingerprint density at radius 3 is 2.94 bits per heavy atom. The molecule has 1 saturated heterocycles. The van der Waals surface area contributed by atoms with E-state index in [0.717, 1.165) is 12.8 Å². The summed E-state index contributed by atoms with van der Waals surface area (Å²) in [5, 5.41) is 15.3. The number of carbonyl (C=O) groups is 2. The number of rotatable bonds is 2. The van der Waals surface area contributed by atoms with Crippen molar-refractivity contribution in [3.63, 3.8) is 0 Å². The molecule has 2 heterocycles. The van der Waals surface area contributed by atoms with E-state index in [4.69, 9.17) is 5.11 Å². The van der Waals surface area contributed by atoms with Gasteiger partial charge in [0.15, 0.2) is 0 Å². The topological polar surface area (TPSA) is 86.3 Å². The lowest BCUT2D eigenvalue weighted by molar-refractivity contribution is -0.143. The molecule has 6 heteroatoms. The molecule has 2 rings (SSSR count). The summed E-state index contributed by atoms with van der Waals surface area (Å²) in [6.07, 6.45) is 5.13. The molecular weight excluding hydrogens is 210 g/mol. The number of carbonyl (C=O) groups excluding carboxylic acids is 1. The van der Waals surface area contributed by atoms with E-state index in [1.54, 1.807) is 0 Å². The van der Waals surface area contributed by atoms with Crippen molar-refractivity contribution in [1.29, 1.82) is 0 Å².